The highest BCUT2D eigenvalue weighted by atomic mass is 16.2. The topological polar surface area (TPSA) is 89.4 Å². The summed E-state index contributed by atoms with van der Waals surface area (Å²) in [5.41, 5.74) is 10.9. The fourth-order valence-electron chi connectivity index (χ4n) is 1.50. The molecule has 94 valence electrons. The Morgan fingerprint density at radius 2 is 1.69 bits per heavy atom. The predicted octanol–water partition coefficient (Wildman–Crippen LogP) is 0.0821. The summed E-state index contributed by atoms with van der Waals surface area (Å²) in [6.45, 7) is 7.61. The van der Waals surface area contributed by atoms with Crippen molar-refractivity contribution in [1.82, 2.24) is 4.90 Å². The second-order valence-electron chi connectivity index (χ2n) is 4.76. The van der Waals surface area contributed by atoms with Crippen LogP contribution in [0.2, 0.25) is 0 Å². The molecule has 0 saturated carbocycles. The third-order valence-corrected chi connectivity index (χ3v) is 2.28. The Balaban J connectivity index is 4.54. The Labute approximate surface area is 97.2 Å². The van der Waals surface area contributed by atoms with E-state index < -0.39 is 11.9 Å². The summed E-state index contributed by atoms with van der Waals surface area (Å²) >= 11 is 0. The SMILES string of the molecule is CC(C)CC(N)C(=O)N(CC(N)=O)C(C)C. The minimum Gasteiger partial charge on any atom is -0.368 e. The predicted molar refractivity (Wildman–Crippen MR) is 63.5 cm³/mol. The standard InChI is InChI=1S/C11H23N3O2/c1-7(2)5-9(12)11(16)14(8(3)4)6-10(13)15/h7-9H,5-6,12H2,1-4H3,(H2,13,15). The molecule has 2 amide bonds. The van der Waals surface area contributed by atoms with Crippen LogP contribution in [0.15, 0.2) is 0 Å². The van der Waals surface area contributed by atoms with Crippen LogP contribution in [0.4, 0.5) is 0 Å². The maximum atomic E-state index is 11.9. The van der Waals surface area contributed by atoms with Gasteiger partial charge < -0.3 is 16.4 Å². The van der Waals surface area contributed by atoms with Crippen LogP contribution in [0.1, 0.15) is 34.1 Å². The number of rotatable bonds is 6. The van der Waals surface area contributed by atoms with Gasteiger partial charge in [-0.05, 0) is 26.2 Å². The van der Waals surface area contributed by atoms with Gasteiger partial charge in [0.05, 0.1) is 12.6 Å². The number of hydrogen-bond acceptors (Lipinski definition) is 3. The van der Waals surface area contributed by atoms with Crippen molar-refractivity contribution in [2.24, 2.45) is 17.4 Å². The molecule has 1 unspecified atom stereocenters. The molecule has 0 aliphatic heterocycles. The highest BCUT2D eigenvalue weighted by Gasteiger charge is 2.24. The number of nitrogens with zero attached hydrogens (tertiary/aromatic N) is 1. The van der Waals surface area contributed by atoms with Gasteiger partial charge in [0, 0.05) is 6.04 Å². The molecule has 0 aromatic rings. The first-order chi connectivity index (χ1) is 7.25. The summed E-state index contributed by atoms with van der Waals surface area (Å²) in [4.78, 5) is 24.2. The lowest BCUT2D eigenvalue weighted by Gasteiger charge is -2.28. The molecule has 0 rings (SSSR count). The number of carbonyl (C=O) groups excluding carboxylic acids is 2. The normalized spacial score (nSPS) is 12.9. The van der Waals surface area contributed by atoms with Gasteiger partial charge in [0.15, 0.2) is 0 Å². The molecule has 0 fully saturated rings. The summed E-state index contributed by atoms with van der Waals surface area (Å²) < 4.78 is 0. The maximum Gasteiger partial charge on any atom is 0.240 e. The summed E-state index contributed by atoms with van der Waals surface area (Å²) in [6.07, 6.45) is 0.612. The Kier molecular flexibility index (Phi) is 6.03. The number of carbonyl (C=O) groups is 2. The van der Waals surface area contributed by atoms with Crippen LogP contribution in [-0.2, 0) is 9.59 Å². The van der Waals surface area contributed by atoms with Crippen molar-refractivity contribution in [1.29, 1.82) is 0 Å². The quantitative estimate of drug-likeness (QED) is 0.676. The van der Waals surface area contributed by atoms with Gasteiger partial charge in [0.25, 0.3) is 0 Å². The molecule has 16 heavy (non-hydrogen) atoms. The summed E-state index contributed by atoms with van der Waals surface area (Å²) in [7, 11) is 0. The van der Waals surface area contributed by atoms with Gasteiger partial charge in [0.1, 0.15) is 0 Å². The van der Waals surface area contributed by atoms with E-state index in [1.165, 1.54) is 4.90 Å². The van der Waals surface area contributed by atoms with Crippen LogP contribution < -0.4 is 11.5 Å². The molecular weight excluding hydrogens is 206 g/mol. The minimum atomic E-state index is -0.554. The maximum absolute atomic E-state index is 11.9. The Morgan fingerprint density at radius 3 is 2.00 bits per heavy atom. The van der Waals surface area contributed by atoms with Crippen molar-refractivity contribution in [3.8, 4) is 0 Å². The van der Waals surface area contributed by atoms with E-state index in [4.69, 9.17) is 11.5 Å². The van der Waals surface area contributed by atoms with Crippen LogP contribution in [0, 0.1) is 5.92 Å². The number of primary amides is 1. The molecule has 5 nitrogen and oxygen atoms in total. The number of amides is 2. The van der Waals surface area contributed by atoms with Crippen LogP contribution in [0.5, 0.6) is 0 Å². The van der Waals surface area contributed by atoms with Crippen LogP contribution in [0.25, 0.3) is 0 Å². The van der Waals surface area contributed by atoms with Crippen LogP contribution in [0.3, 0.4) is 0 Å². The fourth-order valence-corrected chi connectivity index (χ4v) is 1.50. The lowest BCUT2D eigenvalue weighted by molar-refractivity contribution is -0.138. The lowest BCUT2D eigenvalue weighted by Crippen LogP contribution is -2.50. The lowest BCUT2D eigenvalue weighted by atomic mass is 10.0. The molecule has 0 aromatic heterocycles. The average molecular weight is 229 g/mol. The zero-order chi connectivity index (χ0) is 12.9. The fraction of sp³-hybridized carbons (Fsp3) is 0.818. The summed E-state index contributed by atoms with van der Waals surface area (Å²) in [6, 6.07) is -0.625. The van der Waals surface area contributed by atoms with E-state index in [0.717, 1.165) is 0 Å². The zero-order valence-electron chi connectivity index (χ0n) is 10.6. The highest BCUT2D eigenvalue weighted by molar-refractivity contribution is 5.87. The smallest absolute Gasteiger partial charge is 0.240 e. The zero-order valence-corrected chi connectivity index (χ0v) is 10.6. The third-order valence-electron chi connectivity index (χ3n) is 2.28. The summed E-state index contributed by atoms with van der Waals surface area (Å²) in [5.74, 6) is -0.372. The van der Waals surface area contributed by atoms with E-state index in [1.807, 2.05) is 27.7 Å². The minimum absolute atomic E-state index is 0.0672. The molecule has 0 heterocycles. The van der Waals surface area contributed by atoms with Gasteiger partial charge >= 0.3 is 0 Å². The Hall–Kier alpha value is -1.10. The first-order valence-corrected chi connectivity index (χ1v) is 5.60. The third kappa shape index (κ3) is 5.11. The average Bonchev–Trinajstić information content (AvgIpc) is 2.11. The number of hydrogen-bond donors (Lipinski definition) is 2. The van der Waals surface area contributed by atoms with Crippen LogP contribution in [-0.4, -0.2) is 35.3 Å². The van der Waals surface area contributed by atoms with Crippen molar-refractivity contribution < 1.29 is 9.59 Å². The van der Waals surface area contributed by atoms with E-state index in [9.17, 15) is 9.59 Å². The second kappa shape index (κ2) is 6.48. The van der Waals surface area contributed by atoms with Crippen molar-refractivity contribution in [3.05, 3.63) is 0 Å². The van der Waals surface area contributed by atoms with E-state index >= 15 is 0 Å². The molecule has 0 bridgehead atoms. The molecule has 0 radical (unpaired) electrons. The van der Waals surface area contributed by atoms with Gasteiger partial charge in [-0.1, -0.05) is 13.8 Å². The largest absolute Gasteiger partial charge is 0.368 e. The monoisotopic (exact) mass is 229 g/mol. The molecule has 0 aromatic carbocycles. The van der Waals surface area contributed by atoms with E-state index in [2.05, 4.69) is 0 Å². The van der Waals surface area contributed by atoms with Gasteiger partial charge in [-0.3, -0.25) is 9.59 Å². The number of nitrogens with two attached hydrogens (primary N) is 2. The van der Waals surface area contributed by atoms with E-state index in [1.54, 1.807) is 0 Å². The molecule has 0 saturated heterocycles. The van der Waals surface area contributed by atoms with Crippen molar-refractivity contribution in [2.75, 3.05) is 6.54 Å². The second-order valence-corrected chi connectivity index (χ2v) is 4.76. The van der Waals surface area contributed by atoms with Gasteiger partial charge in [-0.2, -0.15) is 0 Å². The molecule has 4 N–H and O–H groups in total. The van der Waals surface area contributed by atoms with Crippen molar-refractivity contribution >= 4 is 11.8 Å². The highest BCUT2D eigenvalue weighted by Crippen LogP contribution is 2.08. The van der Waals surface area contributed by atoms with Crippen LogP contribution >= 0.6 is 0 Å². The van der Waals surface area contributed by atoms with Gasteiger partial charge in [0.2, 0.25) is 11.8 Å². The molecule has 1 atom stereocenters. The molecule has 0 aliphatic rings. The molecule has 0 spiro atoms. The molecule has 0 aliphatic carbocycles. The van der Waals surface area contributed by atoms with Gasteiger partial charge in [-0.15, -0.1) is 0 Å². The first kappa shape index (κ1) is 14.9. The van der Waals surface area contributed by atoms with Crippen molar-refractivity contribution in [2.45, 2.75) is 46.2 Å². The van der Waals surface area contributed by atoms with Gasteiger partial charge in [-0.25, -0.2) is 0 Å². The van der Waals surface area contributed by atoms with Crippen molar-refractivity contribution in [3.63, 3.8) is 0 Å². The first-order valence-electron chi connectivity index (χ1n) is 5.60. The molecule has 5 heteroatoms. The Bertz CT molecular complexity index is 252. The van der Waals surface area contributed by atoms with E-state index in [0.29, 0.717) is 12.3 Å². The summed E-state index contributed by atoms with van der Waals surface area (Å²) in [5, 5.41) is 0. The Morgan fingerprint density at radius 1 is 1.19 bits per heavy atom. The van der Waals surface area contributed by atoms with E-state index in [-0.39, 0.29) is 18.5 Å². The molecular formula is C11H23N3O2.